The zero-order valence-electron chi connectivity index (χ0n) is 11.8. The van der Waals surface area contributed by atoms with Crippen LogP contribution in [0, 0.1) is 0 Å². The smallest absolute Gasteiger partial charge is 0.258 e. The van der Waals surface area contributed by atoms with E-state index in [-0.39, 0.29) is 24.5 Å². The van der Waals surface area contributed by atoms with Crippen LogP contribution in [-0.2, 0) is 9.59 Å². The van der Waals surface area contributed by atoms with Crippen molar-refractivity contribution in [2.24, 2.45) is 0 Å². The summed E-state index contributed by atoms with van der Waals surface area (Å²) < 4.78 is 5.42. The highest BCUT2D eigenvalue weighted by atomic mass is 16.5. The number of rotatable bonds is 5. The average molecular weight is 276 g/mol. The summed E-state index contributed by atoms with van der Waals surface area (Å²) in [4.78, 5) is 22.7. The van der Waals surface area contributed by atoms with Gasteiger partial charge in [-0.15, -0.1) is 0 Å². The molecule has 0 bridgehead atoms. The minimum atomic E-state index is -0.209. The first-order valence-corrected chi connectivity index (χ1v) is 6.83. The molecule has 0 aliphatic carbocycles. The molecule has 0 spiro atoms. The summed E-state index contributed by atoms with van der Waals surface area (Å²) in [5, 5.41) is 5.43. The molecule has 0 radical (unpaired) electrons. The van der Waals surface area contributed by atoms with E-state index in [0.29, 0.717) is 24.6 Å². The summed E-state index contributed by atoms with van der Waals surface area (Å²) in [7, 11) is 0. The number of benzene rings is 1. The predicted octanol–water partition coefficient (Wildman–Crippen LogP) is 1.19. The lowest BCUT2D eigenvalue weighted by Gasteiger charge is -2.12. The monoisotopic (exact) mass is 276 g/mol. The van der Waals surface area contributed by atoms with Crippen molar-refractivity contribution in [1.82, 2.24) is 10.6 Å². The van der Waals surface area contributed by atoms with Crippen LogP contribution < -0.4 is 15.4 Å². The van der Waals surface area contributed by atoms with E-state index >= 15 is 0 Å². The fourth-order valence-corrected chi connectivity index (χ4v) is 2.07. The topological polar surface area (TPSA) is 67.4 Å². The Kier molecular flexibility index (Phi) is 4.61. The second-order valence-corrected chi connectivity index (χ2v) is 5.29. The van der Waals surface area contributed by atoms with Gasteiger partial charge in [0.15, 0.2) is 6.61 Å². The number of nitrogens with one attached hydrogen (secondary N) is 2. The van der Waals surface area contributed by atoms with Crippen molar-refractivity contribution in [1.29, 1.82) is 0 Å². The van der Waals surface area contributed by atoms with Crippen LogP contribution in [0.3, 0.4) is 0 Å². The van der Waals surface area contributed by atoms with E-state index < -0.39 is 0 Å². The Balaban J connectivity index is 1.76. The molecule has 20 heavy (non-hydrogen) atoms. The number of amides is 2. The van der Waals surface area contributed by atoms with Crippen molar-refractivity contribution in [3.63, 3.8) is 0 Å². The summed E-state index contributed by atoms with van der Waals surface area (Å²) in [6, 6.07) is 7.60. The van der Waals surface area contributed by atoms with Gasteiger partial charge in [-0.2, -0.15) is 0 Å². The highest BCUT2D eigenvalue weighted by Gasteiger charge is 2.22. The van der Waals surface area contributed by atoms with Crippen molar-refractivity contribution in [3.05, 3.63) is 29.8 Å². The second-order valence-electron chi connectivity index (χ2n) is 5.29. The van der Waals surface area contributed by atoms with E-state index in [1.165, 1.54) is 5.56 Å². The maximum Gasteiger partial charge on any atom is 0.258 e. The first-order valence-electron chi connectivity index (χ1n) is 6.83. The van der Waals surface area contributed by atoms with E-state index in [2.05, 4.69) is 24.5 Å². The van der Waals surface area contributed by atoms with Crippen LogP contribution in [-0.4, -0.2) is 31.0 Å². The largest absolute Gasteiger partial charge is 0.484 e. The molecule has 0 aromatic heterocycles. The lowest BCUT2D eigenvalue weighted by molar-refractivity contribution is -0.123. The fraction of sp³-hybridized carbons (Fsp3) is 0.467. The lowest BCUT2D eigenvalue weighted by Crippen LogP contribution is -2.39. The maximum absolute atomic E-state index is 11.7. The Morgan fingerprint density at radius 1 is 1.40 bits per heavy atom. The molecular weight excluding hydrogens is 256 g/mol. The van der Waals surface area contributed by atoms with Crippen LogP contribution in [0.1, 0.15) is 31.7 Å². The number of carbonyl (C=O) groups excluding carboxylic acids is 2. The quantitative estimate of drug-likeness (QED) is 0.849. The average Bonchev–Trinajstić information content (AvgIpc) is 2.82. The summed E-state index contributed by atoms with van der Waals surface area (Å²) >= 11 is 0. The highest BCUT2D eigenvalue weighted by Crippen LogP contribution is 2.18. The van der Waals surface area contributed by atoms with Gasteiger partial charge in [-0.05, 0) is 23.6 Å². The van der Waals surface area contributed by atoms with E-state index in [1.54, 1.807) is 0 Å². The van der Waals surface area contributed by atoms with Gasteiger partial charge in [0, 0.05) is 13.0 Å². The molecule has 5 nitrogen and oxygen atoms in total. The Morgan fingerprint density at radius 2 is 2.10 bits per heavy atom. The van der Waals surface area contributed by atoms with E-state index in [4.69, 9.17) is 4.74 Å². The molecule has 2 N–H and O–H groups in total. The molecule has 1 aliphatic heterocycles. The van der Waals surface area contributed by atoms with Gasteiger partial charge in [-0.25, -0.2) is 0 Å². The van der Waals surface area contributed by atoms with Gasteiger partial charge in [0.1, 0.15) is 5.75 Å². The summed E-state index contributed by atoms with van der Waals surface area (Å²) in [6.45, 7) is 4.71. The molecule has 1 aliphatic rings. The van der Waals surface area contributed by atoms with E-state index in [1.807, 2.05) is 24.3 Å². The molecule has 1 aromatic rings. The van der Waals surface area contributed by atoms with Gasteiger partial charge in [0.25, 0.3) is 5.91 Å². The number of ether oxygens (including phenoxy) is 1. The normalized spacial score (nSPS) is 17.9. The van der Waals surface area contributed by atoms with Crippen molar-refractivity contribution in [2.45, 2.75) is 32.2 Å². The van der Waals surface area contributed by atoms with Gasteiger partial charge in [0.05, 0.1) is 6.04 Å². The number of carbonyl (C=O) groups is 2. The molecule has 2 rings (SSSR count). The minimum absolute atomic E-state index is 0.0273. The molecule has 1 heterocycles. The van der Waals surface area contributed by atoms with Crippen LogP contribution in [0.15, 0.2) is 24.3 Å². The lowest BCUT2D eigenvalue weighted by atomic mass is 10.0. The standard InChI is InChI=1S/C15H20N2O3/c1-10(2)11-3-5-13(6-4-11)20-9-15(19)17-12-7-14(18)16-8-12/h3-6,10,12H,7-9H2,1-2H3,(H,16,18)(H,17,19)/t12-/m1/s1. The Labute approximate surface area is 118 Å². The highest BCUT2D eigenvalue weighted by molar-refractivity contribution is 5.82. The molecular formula is C15H20N2O3. The van der Waals surface area contributed by atoms with Crippen LogP contribution in [0.4, 0.5) is 0 Å². The molecule has 108 valence electrons. The van der Waals surface area contributed by atoms with Crippen LogP contribution in [0.25, 0.3) is 0 Å². The molecule has 1 fully saturated rings. The van der Waals surface area contributed by atoms with Crippen molar-refractivity contribution < 1.29 is 14.3 Å². The molecule has 5 heteroatoms. The van der Waals surface area contributed by atoms with Crippen molar-refractivity contribution >= 4 is 11.8 Å². The number of hydrogen-bond donors (Lipinski definition) is 2. The maximum atomic E-state index is 11.7. The van der Waals surface area contributed by atoms with Gasteiger partial charge >= 0.3 is 0 Å². The molecule has 0 saturated carbocycles. The third kappa shape index (κ3) is 3.98. The Morgan fingerprint density at radius 3 is 2.65 bits per heavy atom. The SMILES string of the molecule is CC(C)c1ccc(OCC(=O)N[C@H]2CNC(=O)C2)cc1. The van der Waals surface area contributed by atoms with Crippen molar-refractivity contribution in [2.75, 3.05) is 13.2 Å². The zero-order valence-corrected chi connectivity index (χ0v) is 11.8. The third-order valence-corrected chi connectivity index (χ3v) is 3.26. The molecule has 2 amide bonds. The van der Waals surface area contributed by atoms with Gasteiger partial charge < -0.3 is 15.4 Å². The third-order valence-electron chi connectivity index (χ3n) is 3.26. The molecule has 1 saturated heterocycles. The van der Waals surface area contributed by atoms with Gasteiger partial charge in [-0.3, -0.25) is 9.59 Å². The Bertz CT molecular complexity index is 482. The van der Waals surface area contributed by atoms with E-state index in [0.717, 1.165) is 0 Å². The Hall–Kier alpha value is -2.04. The summed E-state index contributed by atoms with van der Waals surface area (Å²) in [6.07, 6.45) is 0.342. The minimum Gasteiger partial charge on any atom is -0.484 e. The van der Waals surface area contributed by atoms with Gasteiger partial charge in [0.2, 0.25) is 5.91 Å². The fourth-order valence-electron chi connectivity index (χ4n) is 2.07. The second kappa shape index (κ2) is 6.41. The zero-order chi connectivity index (χ0) is 14.5. The van der Waals surface area contributed by atoms with Crippen LogP contribution in [0.5, 0.6) is 5.75 Å². The molecule has 1 aromatic carbocycles. The summed E-state index contributed by atoms with van der Waals surface area (Å²) in [5.41, 5.74) is 1.23. The molecule has 1 atom stereocenters. The number of hydrogen-bond acceptors (Lipinski definition) is 3. The van der Waals surface area contributed by atoms with Gasteiger partial charge in [-0.1, -0.05) is 26.0 Å². The van der Waals surface area contributed by atoms with Crippen LogP contribution in [0.2, 0.25) is 0 Å². The predicted molar refractivity (Wildman–Crippen MR) is 75.6 cm³/mol. The van der Waals surface area contributed by atoms with Crippen molar-refractivity contribution in [3.8, 4) is 5.75 Å². The summed E-state index contributed by atoms with van der Waals surface area (Å²) in [5.74, 6) is 0.907. The van der Waals surface area contributed by atoms with E-state index in [9.17, 15) is 9.59 Å². The first-order chi connectivity index (χ1) is 9.54. The first kappa shape index (κ1) is 14.4. The van der Waals surface area contributed by atoms with Crippen LogP contribution >= 0.6 is 0 Å². The molecule has 0 unspecified atom stereocenters.